The zero-order valence-electron chi connectivity index (χ0n) is 11.5. The number of hydrogen-bond donors (Lipinski definition) is 1. The molecule has 2 atom stereocenters. The lowest BCUT2D eigenvalue weighted by Gasteiger charge is -2.38. The van der Waals surface area contributed by atoms with Crippen LogP contribution in [0.3, 0.4) is 0 Å². The molecule has 2 aliphatic rings. The summed E-state index contributed by atoms with van der Waals surface area (Å²) in [5, 5.41) is 9.37. The summed E-state index contributed by atoms with van der Waals surface area (Å²) in [6, 6.07) is 0.589. The first kappa shape index (κ1) is 13.8. The SMILES string of the molecule is CC1CCCCN1C(=O)CN1CCCCC1CO. The molecule has 0 radical (unpaired) electrons. The van der Waals surface area contributed by atoms with Crippen LogP contribution >= 0.6 is 0 Å². The minimum absolute atomic E-state index is 0.183. The van der Waals surface area contributed by atoms with E-state index in [0.29, 0.717) is 12.6 Å². The maximum atomic E-state index is 12.3. The van der Waals surface area contributed by atoms with E-state index < -0.39 is 0 Å². The Morgan fingerprint density at radius 1 is 1.17 bits per heavy atom. The molecule has 18 heavy (non-hydrogen) atoms. The van der Waals surface area contributed by atoms with Gasteiger partial charge in [0, 0.05) is 18.6 Å². The van der Waals surface area contributed by atoms with E-state index in [2.05, 4.69) is 11.8 Å². The number of carbonyl (C=O) groups is 1. The normalized spacial score (nSPS) is 30.4. The van der Waals surface area contributed by atoms with Crippen molar-refractivity contribution in [2.75, 3.05) is 26.2 Å². The van der Waals surface area contributed by atoms with Gasteiger partial charge in [0.1, 0.15) is 0 Å². The first-order valence-electron chi connectivity index (χ1n) is 7.36. The summed E-state index contributed by atoms with van der Waals surface area (Å²) < 4.78 is 0. The Morgan fingerprint density at radius 3 is 2.61 bits per heavy atom. The zero-order chi connectivity index (χ0) is 13.0. The van der Waals surface area contributed by atoms with Crippen LogP contribution in [0.15, 0.2) is 0 Å². The van der Waals surface area contributed by atoms with Gasteiger partial charge in [0.05, 0.1) is 13.2 Å². The third kappa shape index (κ3) is 3.23. The van der Waals surface area contributed by atoms with Crippen LogP contribution < -0.4 is 0 Å². The van der Waals surface area contributed by atoms with E-state index in [1.807, 2.05) is 4.90 Å². The van der Waals surface area contributed by atoms with Gasteiger partial charge in [-0.3, -0.25) is 9.69 Å². The Balaban J connectivity index is 1.88. The number of rotatable bonds is 3. The summed E-state index contributed by atoms with van der Waals surface area (Å²) in [7, 11) is 0. The molecular weight excluding hydrogens is 228 g/mol. The first-order chi connectivity index (χ1) is 8.72. The van der Waals surface area contributed by atoms with E-state index in [0.717, 1.165) is 38.8 Å². The molecule has 1 N–H and O–H groups in total. The number of amides is 1. The quantitative estimate of drug-likeness (QED) is 0.824. The Hall–Kier alpha value is -0.610. The highest BCUT2D eigenvalue weighted by molar-refractivity contribution is 5.78. The van der Waals surface area contributed by atoms with Crippen LogP contribution in [0, 0.1) is 0 Å². The molecule has 4 nitrogen and oxygen atoms in total. The third-order valence-electron chi connectivity index (χ3n) is 4.42. The fourth-order valence-electron chi connectivity index (χ4n) is 3.21. The van der Waals surface area contributed by atoms with Gasteiger partial charge in [-0.25, -0.2) is 0 Å². The highest BCUT2D eigenvalue weighted by atomic mass is 16.3. The lowest BCUT2D eigenvalue weighted by atomic mass is 10.0. The Labute approximate surface area is 110 Å². The molecule has 0 bridgehead atoms. The highest BCUT2D eigenvalue weighted by Crippen LogP contribution is 2.19. The van der Waals surface area contributed by atoms with Gasteiger partial charge in [-0.1, -0.05) is 6.42 Å². The number of carbonyl (C=O) groups excluding carboxylic acids is 1. The van der Waals surface area contributed by atoms with Crippen molar-refractivity contribution in [3.8, 4) is 0 Å². The lowest BCUT2D eigenvalue weighted by Crippen LogP contribution is -2.51. The van der Waals surface area contributed by atoms with Crippen molar-refractivity contribution in [3.05, 3.63) is 0 Å². The van der Waals surface area contributed by atoms with Crippen LogP contribution in [-0.2, 0) is 4.79 Å². The molecule has 2 rings (SSSR count). The van der Waals surface area contributed by atoms with E-state index in [4.69, 9.17) is 0 Å². The molecule has 2 saturated heterocycles. The van der Waals surface area contributed by atoms with E-state index in [1.54, 1.807) is 0 Å². The summed E-state index contributed by atoms with van der Waals surface area (Å²) >= 11 is 0. The second kappa shape index (κ2) is 6.53. The molecule has 2 heterocycles. The monoisotopic (exact) mass is 254 g/mol. The van der Waals surface area contributed by atoms with Gasteiger partial charge in [0.2, 0.25) is 5.91 Å². The molecule has 4 heteroatoms. The topological polar surface area (TPSA) is 43.8 Å². The molecule has 0 aromatic carbocycles. The molecule has 0 saturated carbocycles. The zero-order valence-corrected chi connectivity index (χ0v) is 11.5. The van der Waals surface area contributed by atoms with Crippen LogP contribution in [-0.4, -0.2) is 59.1 Å². The van der Waals surface area contributed by atoms with E-state index in [-0.39, 0.29) is 18.6 Å². The molecule has 2 fully saturated rings. The molecule has 1 amide bonds. The summed E-state index contributed by atoms with van der Waals surface area (Å²) in [6.07, 6.45) is 6.87. The standard InChI is InChI=1S/C14H26N2O2/c1-12-6-2-5-9-16(12)14(18)10-15-8-4-3-7-13(15)11-17/h12-13,17H,2-11H2,1H3. The van der Waals surface area contributed by atoms with Gasteiger partial charge in [-0.05, 0) is 45.6 Å². The summed E-state index contributed by atoms with van der Waals surface area (Å²) in [4.78, 5) is 16.5. The van der Waals surface area contributed by atoms with E-state index in [1.165, 1.54) is 12.8 Å². The number of piperidine rings is 2. The molecule has 0 aromatic heterocycles. The van der Waals surface area contributed by atoms with Crippen LogP contribution in [0.25, 0.3) is 0 Å². The largest absolute Gasteiger partial charge is 0.395 e. The molecule has 2 aliphatic heterocycles. The fourth-order valence-corrected chi connectivity index (χ4v) is 3.21. The number of nitrogens with zero attached hydrogens (tertiary/aromatic N) is 2. The van der Waals surface area contributed by atoms with E-state index in [9.17, 15) is 9.90 Å². The second-order valence-corrected chi connectivity index (χ2v) is 5.73. The van der Waals surface area contributed by atoms with E-state index >= 15 is 0 Å². The molecule has 104 valence electrons. The van der Waals surface area contributed by atoms with Gasteiger partial charge in [0.25, 0.3) is 0 Å². The Morgan fingerprint density at radius 2 is 1.89 bits per heavy atom. The fraction of sp³-hybridized carbons (Fsp3) is 0.929. The number of aliphatic hydroxyl groups excluding tert-OH is 1. The van der Waals surface area contributed by atoms with Crippen molar-refractivity contribution in [3.63, 3.8) is 0 Å². The molecule has 0 aliphatic carbocycles. The third-order valence-corrected chi connectivity index (χ3v) is 4.42. The van der Waals surface area contributed by atoms with Gasteiger partial charge in [-0.15, -0.1) is 0 Å². The number of aliphatic hydroxyl groups is 1. The van der Waals surface area contributed by atoms with Crippen molar-refractivity contribution < 1.29 is 9.90 Å². The maximum Gasteiger partial charge on any atom is 0.236 e. The van der Waals surface area contributed by atoms with Crippen LogP contribution in [0.1, 0.15) is 45.4 Å². The minimum Gasteiger partial charge on any atom is -0.395 e. The van der Waals surface area contributed by atoms with Crippen molar-refractivity contribution in [2.45, 2.75) is 57.5 Å². The van der Waals surface area contributed by atoms with Crippen molar-refractivity contribution in [1.82, 2.24) is 9.80 Å². The Kier molecular flexibility index (Phi) is 5.01. The summed E-state index contributed by atoms with van der Waals surface area (Å²) in [5.74, 6) is 0.252. The first-order valence-corrected chi connectivity index (χ1v) is 7.36. The average Bonchev–Trinajstić information content (AvgIpc) is 2.39. The predicted octanol–water partition coefficient (Wildman–Crippen LogP) is 1.23. The second-order valence-electron chi connectivity index (χ2n) is 5.73. The lowest BCUT2D eigenvalue weighted by molar-refractivity contribution is -0.136. The van der Waals surface area contributed by atoms with Gasteiger partial charge >= 0.3 is 0 Å². The van der Waals surface area contributed by atoms with Gasteiger partial charge in [-0.2, -0.15) is 0 Å². The molecule has 2 unspecified atom stereocenters. The van der Waals surface area contributed by atoms with Crippen molar-refractivity contribution >= 4 is 5.91 Å². The molecule has 0 spiro atoms. The maximum absolute atomic E-state index is 12.3. The average molecular weight is 254 g/mol. The van der Waals surface area contributed by atoms with Crippen molar-refractivity contribution in [1.29, 1.82) is 0 Å². The molecular formula is C14H26N2O2. The number of hydrogen-bond acceptors (Lipinski definition) is 3. The summed E-state index contributed by atoms with van der Waals surface area (Å²) in [5.41, 5.74) is 0. The van der Waals surface area contributed by atoms with Gasteiger partial charge < -0.3 is 10.0 Å². The highest BCUT2D eigenvalue weighted by Gasteiger charge is 2.28. The van der Waals surface area contributed by atoms with Crippen molar-refractivity contribution in [2.24, 2.45) is 0 Å². The predicted molar refractivity (Wildman–Crippen MR) is 71.3 cm³/mol. The Bertz CT molecular complexity index is 283. The van der Waals surface area contributed by atoms with Crippen LogP contribution in [0.4, 0.5) is 0 Å². The van der Waals surface area contributed by atoms with Gasteiger partial charge in [0.15, 0.2) is 0 Å². The summed E-state index contributed by atoms with van der Waals surface area (Å²) in [6.45, 7) is 4.70. The minimum atomic E-state index is 0.183. The van der Waals surface area contributed by atoms with Crippen LogP contribution in [0.5, 0.6) is 0 Å². The number of likely N-dealkylation sites (tertiary alicyclic amines) is 2. The smallest absolute Gasteiger partial charge is 0.236 e. The van der Waals surface area contributed by atoms with Crippen LogP contribution in [0.2, 0.25) is 0 Å². The molecule has 0 aromatic rings.